The van der Waals surface area contributed by atoms with Gasteiger partial charge in [0.2, 0.25) is 0 Å². The molecule has 1 aromatic rings. The number of hydrogen-bond acceptors (Lipinski definition) is 5. The van der Waals surface area contributed by atoms with Crippen molar-refractivity contribution in [1.29, 1.82) is 0 Å². The fourth-order valence-electron chi connectivity index (χ4n) is 2.06. The van der Waals surface area contributed by atoms with E-state index in [1.165, 1.54) is 0 Å². The molecule has 0 aromatic carbocycles. The molecular formula is C14H24N4O. The Bertz CT molecular complexity index is 447. The molecule has 3 N–H and O–H groups in total. The maximum absolute atomic E-state index is 6.00. The summed E-state index contributed by atoms with van der Waals surface area (Å²) in [7, 11) is 0. The van der Waals surface area contributed by atoms with Crippen molar-refractivity contribution in [3.05, 3.63) is 11.4 Å². The standard InChI is InChI=1S/C14H24N4O/c1-9-11(15)17-13(14(2,3)4)18-12(9)16-10-6-5-7-19-8-10/h10H,5-8H2,1-4H3,(H3,15,16,17,18). The van der Waals surface area contributed by atoms with Gasteiger partial charge in [-0.2, -0.15) is 0 Å². The van der Waals surface area contributed by atoms with Crippen LogP contribution in [0.1, 0.15) is 45.0 Å². The van der Waals surface area contributed by atoms with Crippen molar-refractivity contribution < 1.29 is 4.74 Å². The first-order valence-electron chi connectivity index (χ1n) is 6.87. The van der Waals surface area contributed by atoms with Crippen molar-refractivity contribution in [2.45, 2.75) is 52.0 Å². The van der Waals surface area contributed by atoms with Gasteiger partial charge in [-0.3, -0.25) is 0 Å². The molecule has 2 heterocycles. The van der Waals surface area contributed by atoms with Gasteiger partial charge in [0.25, 0.3) is 0 Å². The summed E-state index contributed by atoms with van der Waals surface area (Å²) in [5, 5.41) is 3.45. The number of ether oxygens (including phenoxy) is 1. The summed E-state index contributed by atoms with van der Waals surface area (Å²) in [6.45, 7) is 9.80. The number of nitrogen functional groups attached to an aromatic ring is 1. The van der Waals surface area contributed by atoms with Crippen molar-refractivity contribution in [3.8, 4) is 0 Å². The molecule has 1 fully saturated rings. The molecule has 19 heavy (non-hydrogen) atoms. The summed E-state index contributed by atoms with van der Waals surface area (Å²) >= 11 is 0. The van der Waals surface area contributed by atoms with Crippen LogP contribution in [0.5, 0.6) is 0 Å². The predicted molar refractivity (Wildman–Crippen MR) is 77.3 cm³/mol. The Hall–Kier alpha value is -1.36. The monoisotopic (exact) mass is 264 g/mol. The first kappa shape index (κ1) is 14.1. The maximum Gasteiger partial charge on any atom is 0.138 e. The van der Waals surface area contributed by atoms with Gasteiger partial charge in [0.1, 0.15) is 17.5 Å². The molecule has 106 valence electrons. The summed E-state index contributed by atoms with van der Waals surface area (Å²) < 4.78 is 5.48. The maximum atomic E-state index is 6.00. The number of hydrogen-bond donors (Lipinski definition) is 2. The van der Waals surface area contributed by atoms with Gasteiger partial charge in [-0.25, -0.2) is 9.97 Å². The molecule has 5 nitrogen and oxygen atoms in total. The molecule has 1 aromatic heterocycles. The second kappa shape index (κ2) is 5.33. The average molecular weight is 264 g/mol. The van der Waals surface area contributed by atoms with Crippen LogP contribution in [0.15, 0.2) is 0 Å². The summed E-state index contributed by atoms with van der Waals surface area (Å²) in [6.07, 6.45) is 2.19. The van der Waals surface area contributed by atoms with Crippen LogP contribution in [0, 0.1) is 6.92 Å². The number of aromatic nitrogens is 2. The van der Waals surface area contributed by atoms with E-state index in [0.29, 0.717) is 11.9 Å². The van der Waals surface area contributed by atoms with Crippen LogP contribution in [-0.4, -0.2) is 29.2 Å². The topological polar surface area (TPSA) is 73.1 Å². The fraction of sp³-hybridized carbons (Fsp3) is 0.714. The third kappa shape index (κ3) is 3.35. The van der Waals surface area contributed by atoms with Gasteiger partial charge >= 0.3 is 0 Å². The molecule has 1 saturated heterocycles. The highest BCUT2D eigenvalue weighted by molar-refractivity contribution is 5.55. The van der Waals surface area contributed by atoms with Crippen LogP contribution in [0.3, 0.4) is 0 Å². The van der Waals surface area contributed by atoms with Crippen LogP contribution in [-0.2, 0) is 10.2 Å². The molecule has 1 aliphatic rings. The average Bonchev–Trinajstić information content (AvgIpc) is 2.34. The van der Waals surface area contributed by atoms with E-state index in [9.17, 15) is 0 Å². The van der Waals surface area contributed by atoms with Gasteiger partial charge in [-0.1, -0.05) is 20.8 Å². The largest absolute Gasteiger partial charge is 0.383 e. The lowest BCUT2D eigenvalue weighted by atomic mass is 9.95. The molecule has 0 amide bonds. The zero-order valence-corrected chi connectivity index (χ0v) is 12.3. The normalized spacial score (nSPS) is 20.3. The van der Waals surface area contributed by atoms with Crippen molar-refractivity contribution in [2.24, 2.45) is 0 Å². The highest BCUT2D eigenvalue weighted by atomic mass is 16.5. The Morgan fingerprint density at radius 1 is 1.32 bits per heavy atom. The minimum absolute atomic E-state index is 0.110. The van der Waals surface area contributed by atoms with E-state index in [0.717, 1.165) is 43.3 Å². The van der Waals surface area contributed by atoms with E-state index in [1.807, 2.05) is 6.92 Å². The SMILES string of the molecule is Cc1c(N)nc(C(C)(C)C)nc1NC1CCCOC1. The number of nitrogens with one attached hydrogen (secondary N) is 1. The lowest BCUT2D eigenvalue weighted by Crippen LogP contribution is -2.31. The third-order valence-electron chi connectivity index (χ3n) is 3.36. The lowest BCUT2D eigenvalue weighted by molar-refractivity contribution is 0.0875. The van der Waals surface area contributed by atoms with Crippen molar-refractivity contribution in [3.63, 3.8) is 0 Å². The van der Waals surface area contributed by atoms with E-state index in [2.05, 4.69) is 36.1 Å². The molecule has 0 aliphatic carbocycles. The first-order valence-corrected chi connectivity index (χ1v) is 6.87. The Morgan fingerprint density at radius 3 is 2.63 bits per heavy atom. The van der Waals surface area contributed by atoms with Crippen LogP contribution in [0.2, 0.25) is 0 Å². The van der Waals surface area contributed by atoms with Crippen LogP contribution < -0.4 is 11.1 Å². The zero-order chi connectivity index (χ0) is 14.0. The minimum atomic E-state index is -0.110. The molecule has 1 aliphatic heterocycles. The van der Waals surface area contributed by atoms with E-state index < -0.39 is 0 Å². The molecule has 2 rings (SSSR count). The number of nitrogens with two attached hydrogens (primary N) is 1. The fourth-order valence-corrected chi connectivity index (χ4v) is 2.06. The highest BCUT2D eigenvalue weighted by Gasteiger charge is 2.22. The second-order valence-corrected chi connectivity index (χ2v) is 6.21. The van der Waals surface area contributed by atoms with Gasteiger partial charge in [-0.15, -0.1) is 0 Å². The Kier molecular flexibility index (Phi) is 3.94. The van der Waals surface area contributed by atoms with Gasteiger partial charge < -0.3 is 15.8 Å². The molecule has 0 spiro atoms. The smallest absolute Gasteiger partial charge is 0.138 e. The second-order valence-electron chi connectivity index (χ2n) is 6.21. The Balaban J connectivity index is 2.25. The van der Waals surface area contributed by atoms with E-state index in [-0.39, 0.29) is 5.41 Å². The van der Waals surface area contributed by atoms with Gasteiger partial charge in [0, 0.05) is 17.6 Å². The van der Waals surface area contributed by atoms with E-state index in [1.54, 1.807) is 0 Å². The van der Waals surface area contributed by atoms with Crippen LogP contribution in [0.4, 0.5) is 11.6 Å². The molecule has 1 atom stereocenters. The number of anilines is 2. The number of rotatable bonds is 2. The zero-order valence-electron chi connectivity index (χ0n) is 12.3. The van der Waals surface area contributed by atoms with E-state index >= 15 is 0 Å². The van der Waals surface area contributed by atoms with Gasteiger partial charge in [0.15, 0.2) is 0 Å². The Labute approximate surface area is 115 Å². The highest BCUT2D eigenvalue weighted by Crippen LogP contribution is 2.25. The number of nitrogens with zero attached hydrogens (tertiary/aromatic N) is 2. The van der Waals surface area contributed by atoms with Crippen molar-refractivity contribution >= 4 is 11.6 Å². The molecule has 0 saturated carbocycles. The Morgan fingerprint density at radius 2 is 2.05 bits per heavy atom. The molecule has 0 radical (unpaired) electrons. The van der Waals surface area contributed by atoms with Crippen LogP contribution in [0.25, 0.3) is 0 Å². The quantitative estimate of drug-likeness (QED) is 0.857. The van der Waals surface area contributed by atoms with Crippen LogP contribution >= 0.6 is 0 Å². The first-order chi connectivity index (χ1) is 8.88. The summed E-state index contributed by atoms with van der Waals surface area (Å²) in [5.41, 5.74) is 6.81. The third-order valence-corrected chi connectivity index (χ3v) is 3.36. The molecule has 0 bridgehead atoms. The summed E-state index contributed by atoms with van der Waals surface area (Å²) in [5.74, 6) is 2.17. The lowest BCUT2D eigenvalue weighted by Gasteiger charge is -2.26. The van der Waals surface area contributed by atoms with E-state index in [4.69, 9.17) is 10.5 Å². The van der Waals surface area contributed by atoms with Gasteiger partial charge in [-0.05, 0) is 19.8 Å². The summed E-state index contributed by atoms with van der Waals surface area (Å²) in [6, 6.07) is 0.314. The van der Waals surface area contributed by atoms with Crippen molar-refractivity contribution in [1.82, 2.24) is 9.97 Å². The predicted octanol–water partition coefficient (Wildman–Crippen LogP) is 2.26. The molecule has 1 unspecified atom stereocenters. The molecular weight excluding hydrogens is 240 g/mol. The van der Waals surface area contributed by atoms with Gasteiger partial charge in [0.05, 0.1) is 12.6 Å². The molecule has 5 heteroatoms. The summed E-state index contributed by atoms with van der Waals surface area (Å²) in [4.78, 5) is 9.03. The minimum Gasteiger partial charge on any atom is -0.383 e. The van der Waals surface area contributed by atoms with Crippen molar-refractivity contribution in [2.75, 3.05) is 24.3 Å².